The molecule has 0 radical (unpaired) electrons. The van der Waals surface area contributed by atoms with E-state index in [0.717, 1.165) is 31.6 Å². The fraction of sp³-hybridized carbons (Fsp3) is 0.490. The molecule has 4 N–H and O–H groups in total. The minimum Gasteiger partial charge on any atom is -0.505 e. The molecule has 3 aromatic carbocycles. The van der Waals surface area contributed by atoms with Crippen molar-refractivity contribution in [3.05, 3.63) is 75.7 Å². The summed E-state index contributed by atoms with van der Waals surface area (Å²) in [6, 6.07) is 5.59. The van der Waals surface area contributed by atoms with Crippen molar-refractivity contribution in [3.63, 3.8) is 0 Å². The molecule has 342 valence electrons. The number of hydrogen-bond donors (Lipinski definition) is 4. The molecule has 0 aliphatic carbocycles. The summed E-state index contributed by atoms with van der Waals surface area (Å²) in [4.78, 5) is 62.8. The zero-order chi connectivity index (χ0) is 46.5. The van der Waals surface area contributed by atoms with Crippen molar-refractivity contribution >= 4 is 62.0 Å². The number of aliphatic hydroxyl groups excluding tert-OH is 2. The number of phenols is 1. The van der Waals surface area contributed by atoms with Crippen molar-refractivity contribution in [2.24, 2.45) is 29.6 Å². The second-order valence-electron chi connectivity index (χ2n) is 18.1. The summed E-state index contributed by atoms with van der Waals surface area (Å²) in [6.07, 6.45) is 5.88. The predicted octanol–water partition coefficient (Wildman–Crippen LogP) is 7.23. The first-order valence-electron chi connectivity index (χ1n) is 21.9. The molecule has 0 saturated carbocycles. The number of carbonyl (C=O) groups is 3. The number of fused-ring (bicyclic) bond motifs is 2. The van der Waals surface area contributed by atoms with Gasteiger partial charge in [-0.1, -0.05) is 52.8 Å². The number of allylic oxidation sites excluding steroid dienone is 2. The Morgan fingerprint density at radius 3 is 2.42 bits per heavy atom. The number of nitrogens with one attached hydrogen (secondary N) is 1. The first-order valence-corrected chi connectivity index (χ1v) is 21.9. The first-order chi connectivity index (χ1) is 30.3. The van der Waals surface area contributed by atoms with E-state index in [2.05, 4.69) is 17.1 Å². The third kappa shape index (κ3) is 8.36. The van der Waals surface area contributed by atoms with E-state index in [1.165, 1.54) is 46.3 Å². The van der Waals surface area contributed by atoms with Gasteiger partial charge in [0.25, 0.3) is 11.7 Å². The number of benzene rings is 3. The van der Waals surface area contributed by atoms with Crippen LogP contribution in [-0.4, -0.2) is 88.4 Å². The van der Waals surface area contributed by atoms with E-state index in [-0.39, 0.29) is 50.0 Å². The Morgan fingerprint density at radius 1 is 1.00 bits per heavy atom. The average molecular weight is 882 g/mol. The van der Waals surface area contributed by atoms with Crippen LogP contribution in [0.3, 0.4) is 0 Å². The lowest BCUT2D eigenvalue weighted by atomic mass is 9.78. The number of aromatic hydroxyl groups is 1. The van der Waals surface area contributed by atoms with Gasteiger partial charge >= 0.3 is 11.8 Å². The molecule has 4 bridgehead atoms. The number of ether oxygens (including phenoxy) is 4. The van der Waals surface area contributed by atoms with Gasteiger partial charge in [0.2, 0.25) is 0 Å². The number of hydrogen-bond acceptors (Lipinski definition) is 14. The topological polar surface area (TPSA) is 207 Å². The summed E-state index contributed by atoms with van der Waals surface area (Å²) in [5.74, 6) is -6.61. The first kappa shape index (κ1) is 46.2. The number of rotatable bonds is 3. The van der Waals surface area contributed by atoms with Gasteiger partial charge in [0.05, 0.1) is 35.5 Å². The van der Waals surface area contributed by atoms with Crippen molar-refractivity contribution in [3.8, 4) is 11.5 Å². The molecule has 4 heterocycles. The minimum absolute atomic E-state index is 0.00893. The van der Waals surface area contributed by atoms with Gasteiger partial charge in [0.1, 0.15) is 28.6 Å². The van der Waals surface area contributed by atoms with Crippen LogP contribution in [0, 0.1) is 36.5 Å². The fourth-order valence-electron chi connectivity index (χ4n) is 9.42. The molecule has 1 unspecified atom stereocenters. The molecule has 64 heavy (non-hydrogen) atoms. The van der Waals surface area contributed by atoms with Crippen LogP contribution in [0.4, 0.5) is 11.4 Å². The number of anilines is 2. The third-order valence-corrected chi connectivity index (χ3v) is 13.3. The molecule has 15 heteroatoms. The Kier molecular flexibility index (Phi) is 13.0. The number of amides is 1. The maximum absolute atomic E-state index is 14.8. The van der Waals surface area contributed by atoms with Crippen LogP contribution in [0.1, 0.15) is 84.2 Å². The van der Waals surface area contributed by atoms with Crippen molar-refractivity contribution in [2.45, 2.75) is 105 Å². The molecule has 1 aromatic heterocycles. The van der Waals surface area contributed by atoms with Crippen molar-refractivity contribution < 1.29 is 53.1 Å². The van der Waals surface area contributed by atoms with Crippen LogP contribution < -0.4 is 20.4 Å². The van der Waals surface area contributed by atoms with Gasteiger partial charge < -0.3 is 48.9 Å². The van der Waals surface area contributed by atoms with E-state index in [4.69, 9.17) is 28.3 Å². The van der Waals surface area contributed by atoms with Gasteiger partial charge in [-0.05, 0) is 50.8 Å². The Labute approximate surface area is 371 Å². The highest BCUT2D eigenvalue weighted by molar-refractivity contribution is 6.26. The molecule has 7 rings (SSSR count). The van der Waals surface area contributed by atoms with Gasteiger partial charge in [0.15, 0.2) is 22.3 Å². The fourth-order valence-corrected chi connectivity index (χ4v) is 9.42. The van der Waals surface area contributed by atoms with Gasteiger partial charge in [-0.2, -0.15) is 0 Å². The summed E-state index contributed by atoms with van der Waals surface area (Å²) in [5.41, 5.74) is 0.822. The van der Waals surface area contributed by atoms with Crippen molar-refractivity contribution in [1.29, 1.82) is 0 Å². The molecular formula is C49H59N3O12. The quantitative estimate of drug-likeness (QED) is 0.0693. The lowest BCUT2D eigenvalue weighted by molar-refractivity contribution is -0.160. The van der Waals surface area contributed by atoms with Crippen molar-refractivity contribution in [1.82, 2.24) is 4.98 Å². The largest absolute Gasteiger partial charge is 0.505 e. The SMILES string of the molecule is CO[C@H]1/C=C/O[C@@]2(C)Oc3c(C)c(=O)c4c(O)c(c5oc6cc(N7CCCC(C)C7)ccc6nc5c4c3C2=O)NC(=O)/C(C)=C\C=C\[C@H](C)[C@H](O)[C@@H](C)[C@@H](O)[C@@H](C)[C@H](OC(C)=O)[C@@H]1C. The Morgan fingerprint density at radius 2 is 1.73 bits per heavy atom. The number of ketones is 1. The lowest BCUT2D eigenvalue weighted by Crippen LogP contribution is -2.46. The summed E-state index contributed by atoms with van der Waals surface area (Å²) in [7, 11) is 1.45. The summed E-state index contributed by atoms with van der Waals surface area (Å²) in [6.45, 7) is 16.6. The second kappa shape index (κ2) is 18.0. The highest BCUT2D eigenvalue weighted by Crippen LogP contribution is 2.48. The molecule has 10 atom stereocenters. The number of carbonyl (C=O) groups excluding carboxylic acids is 3. The van der Waals surface area contributed by atoms with Gasteiger partial charge in [-0.3, -0.25) is 19.2 Å². The zero-order valence-electron chi connectivity index (χ0n) is 38.1. The summed E-state index contributed by atoms with van der Waals surface area (Å²) < 4.78 is 30.5. The van der Waals surface area contributed by atoms with Crippen LogP contribution in [0.2, 0.25) is 0 Å². The smallest absolute Gasteiger partial charge is 0.312 e. The number of aromatic nitrogens is 1. The van der Waals surface area contributed by atoms with Crippen LogP contribution >= 0.6 is 0 Å². The Hall–Kier alpha value is -5.77. The van der Waals surface area contributed by atoms with E-state index in [1.807, 2.05) is 12.1 Å². The Balaban J connectivity index is 1.44. The van der Waals surface area contributed by atoms with Crippen LogP contribution in [-0.2, 0) is 23.8 Å². The molecule has 3 aliphatic rings. The molecular weight excluding hydrogens is 823 g/mol. The number of phenolic OH excluding ortho intramolecular Hbond substituents is 1. The molecule has 1 fully saturated rings. The molecule has 0 spiro atoms. The number of nitrogens with zero attached hydrogens (tertiary/aromatic N) is 2. The van der Waals surface area contributed by atoms with Gasteiger partial charge in [0, 0.05) is 86.0 Å². The normalized spacial score (nSPS) is 31.3. The van der Waals surface area contributed by atoms with Crippen molar-refractivity contribution in [2.75, 3.05) is 30.4 Å². The number of Topliss-reactive ketones (excluding diaryl/α,β-unsaturated/α-hetero) is 1. The second-order valence-corrected chi connectivity index (χ2v) is 18.1. The standard InChI is InChI=1S/C49H59N3O12/c1-23-13-12-19-52(22-23)31-16-17-32-34(21-31)63-46-38(50-32)35-36-42(56)29(7)45-37(35)47(58)49(9,64-45)61-20-18-33(60-10)26(4)44(62-30(8)53)28(6)41(55)27(5)40(54)24(2)14-11-15-25(3)48(59)51-39(46)43(36)57/h11,14-18,20-21,23-24,26-28,33,40-41,44,54-55,57H,12-13,19,22H2,1-10H3,(H,51,59)/b14-11+,20-18+,25-15-/t23?,24-,26+,27+,28+,33-,40-,41+,44+,49-/m0/s1. The molecule has 15 nitrogen and oxygen atoms in total. The zero-order valence-corrected chi connectivity index (χ0v) is 38.1. The van der Waals surface area contributed by atoms with Gasteiger partial charge in [-0.25, -0.2) is 4.98 Å². The number of esters is 1. The maximum Gasteiger partial charge on any atom is 0.312 e. The predicted molar refractivity (Wildman–Crippen MR) is 242 cm³/mol. The van der Waals surface area contributed by atoms with E-state index in [0.29, 0.717) is 17.0 Å². The number of methoxy groups -OCH3 is 1. The molecule has 1 amide bonds. The molecule has 4 aromatic rings. The summed E-state index contributed by atoms with van der Waals surface area (Å²) in [5, 5.41) is 37.6. The summed E-state index contributed by atoms with van der Waals surface area (Å²) >= 11 is 0. The van der Waals surface area contributed by atoms with Gasteiger partial charge in [-0.15, -0.1) is 0 Å². The van der Waals surface area contributed by atoms with Crippen LogP contribution in [0.15, 0.2) is 63.6 Å². The molecule has 3 aliphatic heterocycles. The van der Waals surface area contributed by atoms with E-state index >= 15 is 0 Å². The maximum atomic E-state index is 14.8. The monoisotopic (exact) mass is 881 g/mol. The van der Waals surface area contributed by atoms with E-state index < -0.39 is 82.7 Å². The highest BCUT2D eigenvalue weighted by atomic mass is 16.7. The lowest BCUT2D eigenvalue weighted by Gasteiger charge is -2.38. The Bertz CT molecular complexity index is 2670. The van der Waals surface area contributed by atoms with Crippen LogP contribution in [0.5, 0.6) is 11.5 Å². The van der Waals surface area contributed by atoms with E-state index in [1.54, 1.807) is 52.8 Å². The molecule has 1 saturated heterocycles. The third-order valence-electron chi connectivity index (χ3n) is 13.3. The highest BCUT2D eigenvalue weighted by Gasteiger charge is 2.49. The number of piperidine rings is 1. The average Bonchev–Trinajstić information content (AvgIpc) is 3.53. The van der Waals surface area contributed by atoms with E-state index in [9.17, 15) is 34.5 Å². The minimum atomic E-state index is -2.03. The number of aliphatic hydroxyl groups is 2. The van der Waals surface area contributed by atoms with Crippen LogP contribution in [0.25, 0.3) is 33.0 Å².